The van der Waals surface area contributed by atoms with Crippen LogP contribution < -0.4 is 4.74 Å². The predicted octanol–water partition coefficient (Wildman–Crippen LogP) is 2.91. The average Bonchev–Trinajstić information content (AvgIpc) is 2.46. The third kappa shape index (κ3) is 3.33. The molecule has 1 atom stereocenters. The van der Waals surface area contributed by atoms with E-state index in [0.29, 0.717) is 17.0 Å². The van der Waals surface area contributed by atoms with E-state index in [-0.39, 0.29) is 6.10 Å². The van der Waals surface area contributed by atoms with Gasteiger partial charge in [-0.05, 0) is 38.0 Å². The fraction of sp³-hybridized carbons (Fsp3) is 0.375. The molecule has 2 heterocycles. The van der Waals surface area contributed by atoms with Crippen LogP contribution in [0.1, 0.15) is 43.7 Å². The number of aliphatic hydroxyl groups is 1. The maximum absolute atomic E-state index is 10.5. The van der Waals surface area contributed by atoms with Gasteiger partial charge in [-0.2, -0.15) is 0 Å². The quantitative estimate of drug-likeness (QED) is 0.909. The van der Waals surface area contributed by atoms with Crippen molar-refractivity contribution in [3.63, 3.8) is 0 Å². The molecule has 0 fully saturated rings. The number of aromatic nitrogens is 2. The normalized spacial score (nSPS) is 12.4. The molecule has 0 aliphatic heterocycles. The molecule has 1 unspecified atom stereocenters. The molecular formula is C16H20N2O2. The SMILES string of the molecule is CCc1cccnc1C(O)c1cncc(OC(C)C)c1. The van der Waals surface area contributed by atoms with E-state index < -0.39 is 6.10 Å². The van der Waals surface area contributed by atoms with Crippen LogP contribution in [0.2, 0.25) is 0 Å². The Morgan fingerprint density at radius 1 is 1.30 bits per heavy atom. The summed E-state index contributed by atoms with van der Waals surface area (Å²) in [6.45, 7) is 5.96. The van der Waals surface area contributed by atoms with Crippen LogP contribution in [-0.2, 0) is 6.42 Å². The molecule has 4 nitrogen and oxygen atoms in total. The Balaban J connectivity index is 2.30. The highest BCUT2D eigenvalue weighted by molar-refractivity contribution is 5.33. The van der Waals surface area contributed by atoms with Crippen molar-refractivity contribution in [1.29, 1.82) is 0 Å². The lowest BCUT2D eigenvalue weighted by Crippen LogP contribution is -2.09. The summed E-state index contributed by atoms with van der Waals surface area (Å²) < 4.78 is 5.60. The average molecular weight is 272 g/mol. The van der Waals surface area contributed by atoms with Crippen LogP contribution in [0.3, 0.4) is 0 Å². The van der Waals surface area contributed by atoms with Crippen molar-refractivity contribution in [2.45, 2.75) is 39.4 Å². The third-order valence-corrected chi connectivity index (χ3v) is 2.99. The summed E-state index contributed by atoms with van der Waals surface area (Å²) in [7, 11) is 0. The first kappa shape index (κ1) is 14.5. The maximum Gasteiger partial charge on any atom is 0.138 e. The Morgan fingerprint density at radius 3 is 2.80 bits per heavy atom. The molecule has 106 valence electrons. The lowest BCUT2D eigenvalue weighted by Gasteiger charge is -2.15. The molecule has 0 saturated carbocycles. The third-order valence-electron chi connectivity index (χ3n) is 2.99. The summed E-state index contributed by atoms with van der Waals surface area (Å²) in [5, 5.41) is 10.5. The molecule has 0 spiro atoms. The molecule has 0 amide bonds. The van der Waals surface area contributed by atoms with Crippen molar-refractivity contribution in [2.24, 2.45) is 0 Å². The number of hydrogen-bond acceptors (Lipinski definition) is 4. The van der Waals surface area contributed by atoms with E-state index in [0.717, 1.165) is 12.0 Å². The zero-order valence-electron chi connectivity index (χ0n) is 12.1. The first-order valence-electron chi connectivity index (χ1n) is 6.85. The molecule has 2 aromatic heterocycles. The van der Waals surface area contributed by atoms with Gasteiger partial charge in [0.2, 0.25) is 0 Å². The summed E-state index contributed by atoms with van der Waals surface area (Å²) in [5.41, 5.74) is 2.41. The monoisotopic (exact) mass is 272 g/mol. The number of aryl methyl sites for hydroxylation is 1. The van der Waals surface area contributed by atoms with Crippen LogP contribution in [0, 0.1) is 0 Å². The summed E-state index contributed by atoms with van der Waals surface area (Å²) in [6.07, 6.45) is 5.11. The minimum absolute atomic E-state index is 0.0743. The molecule has 2 rings (SSSR count). The molecule has 0 radical (unpaired) electrons. The molecule has 0 aliphatic rings. The summed E-state index contributed by atoms with van der Waals surface area (Å²) in [4.78, 5) is 8.42. The molecular weight excluding hydrogens is 252 g/mol. The fourth-order valence-electron chi connectivity index (χ4n) is 2.08. The van der Waals surface area contributed by atoms with E-state index in [1.807, 2.05) is 39.0 Å². The van der Waals surface area contributed by atoms with Gasteiger partial charge in [-0.1, -0.05) is 13.0 Å². The van der Waals surface area contributed by atoms with Crippen LogP contribution in [0.15, 0.2) is 36.8 Å². The number of aliphatic hydroxyl groups excluding tert-OH is 1. The molecule has 0 saturated heterocycles. The number of ether oxygens (including phenoxy) is 1. The van der Waals surface area contributed by atoms with Crippen molar-refractivity contribution in [2.75, 3.05) is 0 Å². The van der Waals surface area contributed by atoms with E-state index in [2.05, 4.69) is 9.97 Å². The lowest BCUT2D eigenvalue weighted by molar-refractivity contribution is 0.210. The minimum Gasteiger partial charge on any atom is -0.489 e. The zero-order chi connectivity index (χ0) is 14.5. The number of pyridine rings is 2. The molecule has 1 N–H and O–H groups in total. The standard InChI is InChI=1S/C16H20N2O2/c1-4-12-6-5-7-18-15(12)16(19)13-8-14(10-17-9-13)20-11(2)3/h5-11,16,19H,4H2,1-3H3. The van der Waals surface area contributed by atoms with Gasteiger partial charge in [0, 0.05) is 18.0 Å². The Kier molecular flexibility index (Phi) is 4.69. The Morgan fingerprint density at radius 2 is 2.10 bits per heavy atom. The van der Waals surface area contributed by atoms with Gasteiger partial charge >= 0.3 is 0 Å². The first-order valence-corrected chi connectivity index (χ1v) is 6.85. The molecule has 0 aromatic carbocycles. The van der Waals surface area contributed by atoms with Gasteiger partial charge in [0.05, 0.1) is 18.0 Å². The van der Waals surface area contributed by atoms with E-state index in [1.54, 1.807) is 18.6 Å². The zero-order valence-corrected chi connectivity index (χ0v) is 12.1. The Hall–Kier alpha value is -1.94. The van der Waals surface area contributed by atoms with E-state index in [4.69, 9.17) is 4.74 Å². The Labute approximate surface area is 119 Å². The van der Waals surface area contributed by atoms with Crippen molar-refractivity contribution >= 4 is 0 Å². The highest BCUT2D eigenvalue weighted by atomic mass is 16.5. The van der Waals surface area contributed by atoms with Crippen molar-refractivity contribution < 1.29 is 9.84 Å². The van der Waals surface area contributed by atoms with Crippen molar-refractivity contribution in [3.8, 4) is 5.75 Å². The summed E-state index contributed by atoms with van der Waals surface area (Å²) in [5.74, 6) is 0.658. The number of nitrogens with zero attached hydrogens (tertiary/aromatic N) is 2. The fourth-order valence-corrected chi connectivity index (χ4v) is 2.08. The van der Waals surface area contributed by atoms with Gasteiger partial charge in [0.1, 0.15) is 11.9 Å². The number of rotatable bonds is 5. The molecule has 2 aromatic rings. The molecule has 0 bridgehead atoms. The maximum atomic E-state index is 10.5. The van der Waals surface area contributed by atoms with E-state index in [9.17, 15) is 5.11 Å². The van der Waals surface area contributed by atoms with Crippen molar-refractivity contribution in [3.05, 3.63) is 53.6 Å². The van der Waals surface area contributed by atoms with Crippen LogP contribution in [0.5, 0.6) is 5.75 Å². The van der Waals surface area contributed by atoms with Gasteiger partial charge in [0.15, 0.2) is 0 Å². The van der Waals surface area contributed by atoms with Gasteiger partial charge in [-0.25, -0.2) is 0 Å². The van der Waals surface area contributed by atoms with Crippen LogP contribution in [-0.4, -0.2) is 21.2 Å². The minimum atomic E-state index is -0.783. The van der Waals surface area contributed by atoms with E-state index in [1.165, 1.54) is 0 Å². The predicted molar refractivity (Wildman–Crippen MR) is 77.7 cm³/mol. The van der Waals surface area contributed by atoms with Crippen molar-refractivity contribution in [1.82, 2.24) is 9.97 Å². The van der Waals surface area contributed by atoms with Gasteiger partial charge < -0.3 is 9.84 Å². The molecule has 20 heavy (non-hydrogen) atoms. The highest BCUT2D eigenvalue weighted by Crippen LogP contribution is 2.25. The Bertz CT molecular complexity index is 570. The summed E-state index contributed by atoms with van der Waals surface area (Å²) >= 11 is 0. The van der Waals surface area contributed by atoms with Crippen LogP contribution in [0.4, 0.5) is 0 Å². The van der Waals surface area contributed by atoms with Crippen LogP contribution >= 0.6 is 0 Å². The van der Waals surface area contributed by atoms with Gasteiger partial charge in [0.25, 0.3) is 0 Å². The topological polar surface area (TPSA) is 55.2 Å². The summed E-state index contributed by atoms with van der Waals surface area (Å²) in [6, 6.07) is 5.67. The van der Waals surface area contributed by atoms with Gasteiger partial charge in [-0.3, -0.25) is 9.97 Å². The van der Waals surface area contributed by atoms with E-state index >= 15 is 0 Å². The second kappa shape index (κ2) is 6.48. The van der Waals surface area contributed by atoms with Gasteiger partial charge in [-0.15, -0.1) is 0 Å². The number of hydrogen-bond donors (Lipinski definition) is 1. The second-order valence-electron chi connectivity index (χ2n) is 4.92. The molecule has 4 heteroatoms. The lowest BCUT2D eigenvalue weighted by atomic mass is 10.0. The highest BCUT2D eigenvalue weighted by Gasteiger charge is 2.16. The first-order chi connectivity index (χ1) is 9.61. The van der Waals surface area contributed by atoms with Crippen LogP contribution in [0.25, 0.3) is 0 Å². The molecule has 0 aliphatic carbocycles. The largest absolute Gasteiger partial charge is 0.489 e. The second-order valence-corrected chi connectivity index (χ2v) is 4.92. The smallest absolute Gasteiger partial charge is 0.138 e.